The second-order valence-corrected chi connectivity index (χ2v) is 4.59. The van der Waals surface area contributed by atoms with Gasteiger partial charge >= 0.3 is 0 Å². The number of rotatable bonds is 5. The van der Waals surface area contributed by atoms with E-state index in [4.69, 9.17) is 10.9 Å². The molecule has 0 fully saturated rings. The molecule has 0 saturated heterocycles. The van der Waals surface area contributed by atoms with Crippen LogP contribution in [0.15, 0.2) is 41.8 Å². The number of nitrogens with two attached hydrogens (primary N) is 1. The maximum absolute atomic E-state index is 12.0. The van der Waals surface area contributed by atoms with Crippen LogP contribution in [-0.2, 0) is 13.5 Å². The van der Waals surface area contributed by atoms with Crippen molar-refractivity contribution in [2.24, 2.45) is 17.9 Å². The third-order valence-electron chi connectivity index (χ3n) is 2.99. The van der Waals surface area contributed by atoms with Crippen LogP contribution in [0.25, 0.3) is 0 Å². The fourth-order valence-corrected chi connectivity index (χ4v) is 1.90. The first-order valence-corrected chi connectivity index (χ1v) is 6.44. The van der Waals surface area contributed by atoms with Crippen LogP contribution in [0, 0.1) is 0 Å². The van der Waals surface area contributed by atoms with E-state index in [2.05, 4.69) is 15.6 Å². The van der Waals surface area contributed by atoms with Gasteiger partial charge in [0.05, 0.1) is 6.20 Å². The van der Waals surface area contributed by atoms with Crippen molar-refractivity contribution in [2.75, 3.05) is 6.54 Å². The van der Waals surface area contributed by atoms with Crippen molar-refractivity contribution < 1.29 is 10.0 Å². The van der Waals surface area contributed by atoms with Crippen molar-refractivity contribution in [2.45, 2.75) is 6.42 Å². The van der Waals surface area contributed by atoms with Crippen LogP contribution in [0.1, 0.15) is 21.5 Å². The monoisotopic (exact) mass is 287 g/mol. The number of carbonyl (C=O) groups is 1. The molecule has 0 bridgehead atoms. The molecule has 1 heterocycles. The SMILES string of the molecule is Cn1cc(CCNC(=O)c2cccc(/C(N)=N/O)c2)cn1. The topological polar surface area (TPSA) is 106 Å². The molecule has 0 aliphatic carbocycles. The maximum Gasteiger partial charge on any atom is 0.251 e. The Bertz CT molecular complexity index is 663. The van der Waals surface area contributed by atoms with E-state index < -0.39 is 0 Å². The number of hydrogen-bond acceptors (Lipinski definition) is 4. The van der Waals surface area contributed by atoms with E-state index in [-0.39, 0.29) is 11.7 Å². The van der Waals surface area contributed by atoms with Crippen LogP contribution >= 0.6 is 0 Å². The molecule has 0 atom stereocenters. The third kappa shape index (κ3) is 3.82. The molecule has 0 aliphatic rings. The molecule has 0 unspecified atom stereocenters. The molecule has 2 rings (SSSR count). The molecule has 1 amide bonds. The number of hydrogen-bond donors (Lipinski definition) is 3. The predicted octanol–water partition coefficient (Wildman–Crippen LogP) is 0.487. The Kier molecular flexibility index (Phi) is 4.55. The molecule has 0 radical (unpaired) electrons. The van der Waals surface area contributed by atoms with Crippen molar-refractivity contribution in [3.63, 3.8) is 0 Å². The lowest BCUT2D eigenvalue weighted by atomic mass is 10.1. The minimum atomic E-state index is -0.202. The van der Waals surface area contributed by atoms with Crippen molar-refractivity contribution >= 4 is 11.7 Å². The van der Waals surface area contributed by atoms with E-state index in [1.165, 1.54) is 0 Å². The Morgan fingerprint density at radius 1 is 1.48 bits per heavy atom. The van der Waals surface area contributed by atoms with Gasteiger partial charge in [-0.3, -0.25) is 9.48 Å². The van der Waals surface area contributed by atoms with E-state index in [1.807, 2.05) is 13.2 Å². The average Bonchev–Trinajstić information content (AvgIpc) is 2.92. The number of aromatic nitrogens is 2. The molecule has 4 N–H and O–H groups in total. The summed E-state index contributed by atoms with van der Waals surface area (Å²) in [6, 6.07) is 6.60. The van der Waals surface area contributed by atoms with Gasteiger partial charge in [0, 0.05) is 30.9 Å². The summed E-state index contributed by atoms with van der Waals surface area (Å²) in [6.07, 6.45) is 4.38. The highest BCUT2D eigenvalue weighted by Gasteiger charge is 2.07. The number of amides is 1. The van der Waals surface area contributed by atoms with Gasteiger partial charge in [0.2, 0.25) is 0 Å². The number of aryl methyl sites for hydroxylation is 1. The number of amidine groups is 1. The Morgan fingerprint density at radius 3 is 2.90 bits per heavy atom. The molecule has 0 saturated carbocycles. The van der Waals surface area contributed by atoms with Gasteiger partial charge in [-0.05, 0) is 24.1 Å². The fourth-order valence-electron chi connectivity index (χ4n) is 1.90. The highest BCUT2D eigenvalue weighted by atomic mass is 16.4. The fraction of sp³-hybridized carbons (Fsp3) is 0.214. The lowest BCUT2D eigenvalue weighted by Gasteiger charge is -2.06. The first-order valence-electron chi connectivity index (χ1n) is 6.44. The van der Waals surface area contributed by atoms with Gasteiger partial charge in [-0.15, -0.1) is 0 Å². The van der Waals surface area contributed by atoms with E-state index in [0.29, 0.717) is 24.1 Å². The molecule has 2 aromatic rings. The quantitative estimate of drug-likeness (QED) is 0.322. The Balaban J connectivity index is 1.94. The highest BCUT2D eigenvalue weighted by Crippen LogP contribution is 2.05. The summed E-state index contributed by atoms with van der Waals surface area (Å²) >= 11 is 0. The molecule has 0 spiro atoms. The summed E-state index contributed by atoms with van der Waals surface area (Å²) in [6.45, 7) is 0.512. The smallest absolute Gasteiger partial charge is 0.251 e. The first-order chi connectivity index (χ1) is 10.1. The number of nitrogens with one attached hydrogen (secondary N) is 1. The van der Waals surface area contributed by atoms with Gasteiger partial charge in [0.15, 0.2) is 5.84 Å². The van der Waals surface area contributed by atoms with Gasteiger partial charge in [0.1, 0.15) is 0 Å². The minimum Gasteiger partial charge on any atom is -0.409 e. The van der Waals surface area contributed by atoms with Crippen molar-refractivity contribution in [3.05, 3.63) is 53.3 Å². The molecule has 21 heavy (non-hydrogen) atoms. The van der Waals surface area contributed by atoms with Crippen LogP contribution in [0.5, 0.6) is 0 Å². The molecule has 1 aromatic carbocycles. The molecule has 110 valence electrons. The van der Waals surface area contributed by atoms with E-state index in [1.54, 1.807) is 35.1 Å². The zero-order chi connectivity index (χ0) is 15.2. The summed E-state index contributed by atoms with van der Waals surface area (Å²) < 4.78 is 1.72. The van der Waals surface area contributed by atoms with Gasteiger partial charge in [-0.2, -0.15) is 5.10 Å². The molecule has 7 nitrogen and oxygen atoms in total. The highest BCUT2D eigenvalue weighted by molar-refractivity contribution is 6.01. The number of oxime groups is 1. The Hall–Kier alpha value is -2.83. The summed E-state index contributed by atoms with van der Waals surface area (Å²) in [5.74, 6) is -0.230. The molecule has 0 aliphatic heterocycles. The van der Waals surface area contributed by atoms with E-state index >= 15 is 0 Å². The molecular formula is C14H17N5O2. The summed E-state index contributed by atoms with van der Waals surface area (Å²) in [7, 11) is 1.85. The van der Waals surface area contributed by atoms with Crippen molar-refractivity contribution in [1.82, 2.24) is 15.1 Å². The molecule has 7 heteroatoms. The van der Waals surface area contributed by atoms with Crippen LogP contribution < -0.4 is 11.1 Å². The van der Waals surface area contributed by atoms with E-state index in [0.717, 1.165) is 5.56 Å². The maximum atomic E-state index is 12.0. The van der Waals surface area contributed by atoms with Crippen LogP contribution in [0.3, 0.4) is 0 Å². The van der Waals surface area contributed by atoms with Gasteiger partial charge in [0.25, 0.3) is 5.91 Å². The van der Waals surface area contributed by atoms with Crippen molar-refractivity contribution in [3.8, 4) is 0 Å². The first kappa shape index (κ1) is 14.6. The van der Waals surface area contributed by atoms with Crippen LogP contribution in [0.2, 0.25) is 0 Å². The summed E-state index contributed by atoms with van der Waals surface area (Å²) in [5, 5.41) is 18.4. The number of nitrogens with zero attached hydrogens (tertiary/aromatic N) is 3. The summed E-state index contributed by atoms with van der Waals surface area (Å²) in [5.41, 5.74) is 7.52. The van der Waals surface area contributed by atoms with E-state index in [9.17, 15) is 4.79 Å². The van der Waals surface area contributed by atoms with Gasteiger partial charge in [-0.25, -0.2) is 0 Å². The number of carbonyl (C=O) groups excluding carboxylic acids is 1. The average molecular weight is 287 g/mol. The lowest BCUT2D eigenvalue weighted by molar-refractivity contribution is 0.0954. The Labute approximate surface area is 122 Å². The normalized spacial score (nSPS) is 11.4. The second-order valence-electron chi connectivity index (χ2n) is 4.59. The summed E-state index contributed by atoms with van der Waals surface area (Å²) in [4.78, 5) is 12.0. The van der Waals surface area contributed by atoms with Gasteiger partial charge in [-0.1, -0.05) is 17.3 Å². The zero-order valence-corrected chi connectivity index (χ0v) is 11.7. The molecular weight excluding hydrogens is 270 g/mol. The van der Waals surface area contributed by atoms with Crippen LogP contribution in [0.4, 0.5) is 0 Å². The van der Waals surface area contributed by atoms with Crippen LogP contribution in [-0.4, -0.2) is 33.3 Å². The predicted molar refractivity (Wildman–Crippen MR) is 78.2 cm³/mol. The second kappa shape index (κ2) is 6.56. The number of benzene rings is 1. The zero-order valence-electron chi connectivity index (χ0n) is 11.7. The largest absolute Gasteiger partial charge is 0.409 e. The lowest BCUT2D eigenvalue weighted by Crippen LogP contribution is -2.26. The third-order valence-corrected chi connectivity index (χ3v) is 2.99. The van der Waals surface area contributed by atoms with Crippen molar-refractivity contribution in [1.29, 1.82) is 0 Å². The van der Waals surface area contributed by atoms with Gasteiger partial charge < -0.3 is 16.3 Å². The molecule has 1 aromatic heterocycles. The minimum absolute atomic E-state index is 0.0278. The standard InChI is InChI=1S/C14H17N5O2/c1-19-9-10(8-17-19)5-6-16-14(20)12-4-2-3-11(7-12)13(15)18-21/h2-4,7-9,21H,5-6H2,1H3,(H2,15,18)(H,16,20). The Morgan fingerprint density at radius 2 is 2.24 bits per heavy atom.